The lowest BCUT2D eigenvalue weighted by Crippen LogP contribution is -2.09. The van der Waals surface area contributed by atoms with Crippen LogP contribution in [0.25, 0.3) is 0 Å². The molecule has 1 heterocycles. The molecule has 0 radical (unpaired) electrons. The molecule has 1 aromatic rings. The Morgan fingerprint density at radius 3 is 2.69 bits per heavy atom. The van der Waals surface area contributed by atoms with Crippen LogP contribution in [-0.4, -0.2) is 4.98 Å². The van der Waals surface area contributed by atoms with Gasteiger partial charge in [-0.2, -0.15) is 5.26 Å². The Morgan fingerprint density at radius 2 is 2.23 bits per heavy atom. The average molecular weight is 202 g/mol. The van der Waals surface area contributed by atoms with Crippen molar-refractivity contribution in [3.8, 4) is 6.07 Å². The van der Waals surface area contributed by atoms with E-state index in [-0.39, 0.29) is 10.6 Å². The molecule has 0 atom stereocenters. The van der Waals surface area contributed by atoms with Crippen LogP contribution in [0.4, 0.5) is 8.78 Å². The molecule has 0 spiro atoms. The summed E-state index contributed by atoms with van der Waals surface area (Å²) in [7, 11) is 0. The van der Waals surface area contributed by atoms with Crippen molar-refractivity contribution in [1.82, 2.24) is 4.98 Å². The number of aromatic amines is 1. The quantitative estimate of drug-likeness (QED) is 0.677. The van der Waals surface area contributed by atoms with Crippen LogP contribution in [0.2, 0.25) is 0 Å². The molecule has 0 amide bonds. The van der Waals surface area contributed by atoms with E-state index in [9.17, 15) is 13.6 Å². The standard InChI is InChI=1S/C7H4F2N2OS/c8-6(9)3-1-5(12)11-7(13)4(3)2-10/h1,6H,(H2,11,12,13). The highest BCUT2D eigenvalue weighted by atomic mass is 32.1. The summed E-state index contributed by atoms with van der Waals surface area (Å²) in [5, 5.41) is 8.35. The summed E-state index contributed by atoms with van der Waals surface area (Å²) in [5.41, 5.74) is -1.58. The zero-order valence-corrected chi connectivity index (χ0v) is 7.11. The Bertz CT molecular complexity index is 421. The molecule has 3 nitrogen and oxygen atoms in total. The van der Waals surface area contributed by atoms with Gasteiger partial charge in [-0.15, -0.1) is 12.6 Å². The first-order valence-corrected chi connectivity index (χ1v) is 3.65. The van der Waals surface area contributed by atoms with Crippen molar-refractivity contribution in [2.45, 2.75) is 11.5 Å². The third kappa shape index (κ3) is 1.87. The number of pyridine rings is 1. The van der Waals surface area contributed by atoms with Crippen LogP contribution < -0.4 is 5.56 Å². The number of halogens is 2. The van der Waals surface area contributed by atoms with Gasteiger partial charge in [0.15, 0.2) is 0 Å². The Balaban J connectivity index is 3.50. The van der Waals surface area contributed by atoms with Crippen molar-refractivity contribution < 1.29 is 8.78 Å². The third-order valence-corrected chi connectivity index (χ3v) is 1.74. The van der Waals surface area contributed by atoms with E-state index in [0.29, 0.717) is 6.07 Å². The minimum atomic E-state index is -2.84. The fourth-order valence-corrected chi connectivity index (χ4v) is 1.14. The highest BCUT2D eigenvalue weighted by molar-refractivity contribution is 7.80. The second kappa shape index (κ2) is 3.58. The molecule has 0 aliphatic heterocycles. The molecule has 0 saturated carbocycles. The van der Waals surface area contributed by atoms with E-state index in [1.54, 1.807) is 6.07 Å². The smallest absolute Gasteiger partial charge is 0.265 e. The Hall–Kier alpha value is -1.35. The maximum absolute atomic E-state index is 12.2. The van der Waals surface area contributed by atoms with Crippen molar-refractivity contribution in [2.75, 3.05) is 0 Å². The number of nitrogens with one attached hydrogen (secondary N) is 1. The van der Waals surface area contributed by atoms with Gasteiger partial charge in [0.1, 0.15) is 6.07 Å². The molecule has 0 fully saturated rings. The van der Waals surface area contributed by atoms with Gasteiger partial charge in [-0.25, -0.2) is 8.78 Å². The number of hydrogen-bond donors (Lipinski definition) is 2. The largest absolute Gasteiger partial charge is 0.316 e. The molecule has 13 heavy (non-hydrogen) atoms. The van der Waals surface area contributed by atoms with Gasteiger partial charge in [0.05, 0.1) is 10.6 Å². The van der Waals surface area contributed by atoms with E-state index < -0.39 is 17.5 Å². The first-order chi connectivity index (χ1) is 6.06. The second-order valence-corrected chi connectivity index (χ2v) is 2.67. The summed E-state index contributed by atoms with van der Waals surface area (Å²) in [6.45, 7) is 0. The zero-order chi connectivity index (χ0) is 10.0. The molecule has 6 heteroatoms. The first-order valence-electron chi connectivity index (χ1n) is 3.20. The average Bonchev–Trinajstić information content (AvgIpc) is 2.02. The van der Waals surface area contributed by atoms with E-state index in [1.165, 1.54) is 0 Å². The normalized spacial score (nSPS) is 10.1. The van der Waals surface area contributed by atoms with Crippen LogP contribution in [-0.2, 0) is 0 Å². The van der Waals surface area contributed by atoms with Crippen LogP contribution in [0.1, 0.15) is 17.6 Å². The summed E-state index contributed by atoms with van der Waals surface area (Å²) in [6.07, 6.45) is -2.84. The molecular formula is C7H4F2N2OS. The monoisotopic (exact) mass is 202 g/mol. The lowest BCUT2D eigenvalue weighted by molar-refractivity contribution is 0.150. The maximum atomic E-state index is 12.2. The van der Waals surface area contributed by atoms with Gasteiger partial charge >= 0.3 is 0 Å². The molecule has 0 aromatic carbocycles. The highest BCUT2D eigenvalue weighted by Crippen LogP contribution is 2.23. The van der Waals surface area contributed by atoms with Crippen molar-refractivity contribution >= 4 is 12.6 Å². The van der Waals surface area contributed by atoms with Gasteiger partial charge in [-0.1, -0.05) is 0 Å². The van der Waals surface area contributed by atoms with Crippen LogP contribution in [0, 0.1) is 11.3 Å². The van der Waals surface area contributed by atoms with Crippen molar-refractivity contribution in [3.05, 3.63) is 27.5 Å². The van der Waals surface area contributed by atoms with Gasteiger partial charge < -0.3 is 4.98 Å². The minimum absolute atomic E-state index is 0.134. The van der Waals surface area contributed by atoms with E-state index in [4.69, 9.17) is 5.26 Å². The zero-order valence-electron chi connectivity index (χ0n) is 6.21. The number of nitriles is 1. The number of thiol groups is 1. The Labute approximate surface area is 77.4 Å². The number of alkyl halides is 2. The van der Waals surface area contributed by atoms with Gasteiger partial charge in [-0.3, -0.25) is 4.79 Å². The molecule has 0 aliphatic carbocycles. The lowest BCUT2D eigenvalue weighted by Gasteiger charge is -2.02. The van der Waals surface area contributed by atoms with Crippen LogP contribution >= 0.6 is 12.6 Å². The predicted octanol–water partition coefficient (Wildman–Crippen LogP) is 1.47. The van der Waals surface area contributed by atoms with Crippen molar-refractivity contribution in [2.24, 2.45) is 0 Å². The molecule has 0 bridgehead atoms. The van der Waals surface area contributed by atoms with Crippen molar-refractivity contribution in [3.63, 3.8) is 0 Å². The van der Waals surface area contributed by atoms with E-state index in [2.05, 4.69) is 17.6 Å². The summed E-state index contributed by atoms with van der Waals surface area (Å²) in [5.74, 6) is 0. The summed E-state index contributed by atoms with van der Waals surface area (Å²) in [6, 6.07) is 2.24. The van der Waals surface area contributed by atoms with Gasteiger partial charge in [0.2, 0.25) is 5.56 Å². The first kappa shape index (κ1) is 9.74. The van der Waals surface area contributed by atoms with Gasteiger partial charge in [0, 0.05) is 11.6 Å². The SMILES string of the molecule is N#Cc1c(C(F)F)cc(=O)[nH]c1S. The van der Waals surface area contributed by atoms with Crippen LogP contribution in [0.5, 0.6) is 0 Å². The fourth-order valence-electron chi connectivity index (χ4n) is 0.855. The number of nitrogens with zero attached hydrogens (tertiary/aromatic N) is 1. The Morgan fingerprint density at radius 1 is 1.62 bits per heavy atom. The maximum Gasteiger partial charge on any atom is 0.265 e. The molecule has 68 valence electrons. The summed E-state index contributed by atoms with van der Waals surface area (Å²) >= 11 is 3.70. The highest BCUT2D eigenvalue weighted by Gasteiger charge is 2.16. The molecule has 1 N–H and O–H groups in total. The number of H-pyrrole nitrogens is 1. The number of aromatic nitrogens is 1. The molecule has 0 saturated heterocycles. The fraction of sp³-hybridized carbons (Fsp3) is 0.143. The third-order valence-electron chi connectivity index (χ3n) is 1.40. The van der Waals surface area contributed by atoms with E-state index >= 15 is 0 Å². The van der Waals surface area contributed by atoms with E-state index in [0.717, 1.165) is 0 Å². The number of hydrogen-bond acceptors (Lipinski definition) is 3. The summed E-state index contributed by atoms with van der Waals surface area (Å²) in [4.78, 5) is 12.9. The molecule has 0 unspecified atom stereocenters. The lowest BCUT2D eigenvalue weighted by atomic mass is 10.1. The Kier molecular flexibility index (Phi) is 2.68. The van der Waals surface area contributed by atoms with Gasteiger partial charge in [0.25, 0.3) is 6.43 Å². The topological polar surface area (TPSA) is 56.6 Å². The second-order valence-electron chi connectivity index (χ2n) is 2.23. The number of rotatable bonds is 1. The summed E-state index contributed by atoms with van der Waals surface area (Å²) < 4.78 is 24.5. The molecular weight excluding hydrogens is 198 g/mol. The molecule has 1 rings (SSSR count). The minimum Gasteiger partial charge on any atom is -0.316 e. The molecule has 0 aliphatic rings. The van der Waals surface area contributed by atoms with Crippen molar-refractivity contribution in [1.29, 1.82) is 5.26 Å². The van der Waals surface area contributed by atoms with Crippen LogP contribution in [0.15, 0.2) is 15.9 Å². The van der Waals surface area contributed by atoms with Crippen LogP contribution in [0.3, 0.4) is 0 Å². The van der Waals surface area contributed by atoms with E-state index in [1.807, 2.05) is 0 Å². The predicted molar refractivity (Wildman–Crippen MR) is 44.0 cm³/mol. The van der Waals surface area contributed by atoms with Gasteiger partial charge in [-0.05, 0) is 0 Å². The molecule has 1 aromatic heterocycles.